The minimum Gasteiger partial charge on any atom is -0.303 e. The Morgan fingerprint density at radius 3 is 2.64 bits per heavy atom. The zero-order valence-electron chi connectivity index (χ0n) is 7.40. The molecule has 0 aliphatic carbocycles. The van der Waals surface area contributed by atoms with Gasteiger partial charge in [-0.3, -0.25) is 4.68 Å². The van der Waals surface area contributed by atoms with Gasteiger partial charge in [-0.15, -0.1) is 0 Å². The predicted molar refractivity (Wildman–Crippen MR) is 46.0 cm³/mol. The summed E-state index contributed by atoms with van der Waals surface area (Å²) in [6.45, 7) is -1.03. The summed E-state index contributed by atoms with van der Waals surface area (Å²) >= 11 is 5.69. The van der Waals surface area contributed by atoms with Crippen LogP contribution in [0.4, 0.5) is 13.2 Å². The molecule has 80 valence electrons. The molecular weight excluding hydrogens is 219 g/mol. The van der Waals surface area contributed by atoms with Gasteiger partial charge in [0.1, 0.15) is 0 Å². The molecule has 0 spiro atoms. The van der Waals surface area contributed by atoms with Crippen LogP contribution in [0, 0.1) is 0 Å². The van der Waals surface area contributed by atoms with Crippen LogP contribution in [-0.2, 0) is 13.6 Å². The van der Waals surface area contributed by atoms with Gasteiger partial charge in [-0.2, -0.15) is 18.3 Å². The number of hydrogen-bond donors (Lipinski definition) is 1. The Labute approximate surface area is 83.8 Å². The van der Waals surface area contributed by atoms with Gasteiger partial charge in [0, 0.05) is 19.8 Å². The zero-order valence-corrected chi connectivity index (χ0v) is 8.15. The van der Waals surface area contributed by atoms with E-state index in [-0.39, 0.29) is 6.54 Å². The molecule has 0 bridgehead atoms. The van der Waals surface area contributed by atoms with Crippen LogP contribution >= 0.6 is 11.6 Å². The SMILES string of the molecule is Cn1cc(Cl)c(CNCC(F)(F)F)n1. The Balaban J connectivity index is 2.42. The van der Waals surface area contributed by atoms with Gasteiger partial charge in [0.05, 0.1) is 17.3 Å². The van der Waals surface area contributed by atoms with Gasteiger partial charge in [0.2, 0.25) is 0 Å². The van der Waals surface area contributed by atoms with Gasteiger partial charge in [0.15, 0.2) is 0 Å². The normalized spacial score (nSPS) is 12.1. The number of halogens is 4. The lowest BCUT2D eigenvalue weighted by Crippen LogP contribution is -2.28. The van der Waals surface area contributed by atoms with E-state index >= 15 is 0 Å². The monoisotopic (exact) mass is 227 g/mol. The van der Waals surface area contributed by atoms with E-state index in [1.807, 2.05) is 0 Å². The fraction of sp³-hybridized carbons (Fsp3) is 0.571. The van der Waals surface area contributed by atoms with Gasteiger partial charge < -0.3 is 5.32 Å². The molecule has 3 nitrogen and oxygen atoms in total. The molecule has 7 heteroatoms. The van der Waals surface area contributed by atoms with E-state index < -0.39 is 12.7 Å². The van der Waals surface area contributed by atoms with Gasteiger partial charge in [-0.05, 0) is 0 Å². The number of aromatic nitrogens is 2. The predicted octanol–water partition coefficient (Wildman–Crippen LogP) is 1.73. The van der Waals surface area contributed by atoms with E-state index in [9.17, 15) is 13.2 Å². The zero-order chi connectivity index (χ0) is 10.8. The second kappa shape index (κ2) is 4.18. The molecule has 0 aliphatic heterocycles. The molecule has 0 amide bonds. The number of nitrogens with one attached hydrogen (secondary N) is 1. The average molecular weight is 228 g/mol. The molecule has 0 aliphatic rings. The molecule has 0 saturated heterocycles. The van der Waals surface area contributed by atoms with Crippen molar-refractivity contribution in [1.29, 1.82) is 0 Å². The lowest BCUT2D eigenvalue weighted by Gasteiger charge is -2.06. The van der Waals surface area contributed by atoms with Crippen LogP contribution in [0.15, 0.2) is 6.20 Å². The average Bonchev–Trinajstić information content (AvgIpc) is 2.27. The van der Waals surface area contributed by atoms with Gasteiger partial charge in [0.25, 0.3) is 0 Å². The maximum Gasteiger partial charge on any atom is 0.401 e. The lowest BCUT2D eigenvalue weighted by atomic mass is 10.4. The van der Waals surface area contributed by atoms with E-state index in [1.54, 1.807) is 7.05 Å². The third-order valence-electron chi connectivity index (χ3n) is 1.47. The van der Waals surface area contributed by atoms with Crippen molar-refractivity contribution < 1.29 is 13.2 Å². The summed E-state index contributed by atoms with van der Waals surface area (Å²) in [6.07, 6.45) is -2.67. The molecule has 0 fully saturated rings. The number of aryl methyl sites for hydroxylation is 1. The summed E-state index contributed by atoms with van der Waals surface area (Å²) in [6, 6.07) is 0. The first-order valence-electron chi connectivity index (χ1n) is 3.84. The first kappa shape index (κ1) is 11.3. The molecular formula is C7H9ClF3N3. The molecule has 1 heterocycles. The van der Waals surface area contributed by atoms with Gasteiger partial charge in [-0.25, -0.2) is 0 Å². The number of nitrogens with zero attached hydrogens (tertiary/aromatic N) is 2. The largest absolute Gasteiger partial charge is 0.401 e. The van der Waals surface area contributed by atoms with Crippen LogP contribution in [0.3, 0.4) is 0 Å². The lowest BCUT2D eigenvalue weighted by molar-refractivity contribution is -0.125. The van der Waals surface area contributed by atoms with Crippen molar-refractivity contribution in [2.24, 2.45) is 7.05 Å². The van der Waals surface area contributed by atoms with E-state index in [4.69, 9.17) is 11.6 Å². The summed E-state index contributed by atoms with van der Waals surface area (Å²) < 4.78 is 36.7. The molecule has 0 radical (unpaired) electrons. The van der Waals surface area contributed by atoms with Crippen molar-refractivity contribution >= 4 is 11.6 Å². The highest BCUT2D eigenvalue weighted by Gasteiger charge is 2.26. The molecule has 1 aromatic heterocycles. The Hall–Kier alpha value is -0.750. The summed E-state index contributed by atoms with van der Waals surface area (Å²) in [5.41, 5.74) is 0.415. The summed E-state index contributed by atoms with van der Waals surface area (Å²) in [5, 5.41) is 6.46. The first-order valence-corrected chi connectivity index (χ1v) is 4.22. The Kier molecular flexibility index (Phi) is 3.38. The summed E-state index contributed by atoms with van der Waals surface area (Å²) in [7, 11) is 1.65. The number of alkyl halides is 3. The van der Waals surface area contributed by atoms with Crippen molar-refractivity contribution in [3.8, 4) is 0 Å². The van der Waals surface area contributed by atoms with Crippen molar-refractivity contribution in [2.75, 3.05) is 6.54 Å². The number of rotatable bonds is 3. The fourth-order valence-electron chi connectivity index (χ4n) is 0.948. The molecule has 14 heavy (non-hydrogen) atoms. The topological polar surface area (TPSA) is 29.9 Å². The second-order valence-electron chi connectivity index (χ2n) is 2.82. The smallest absolute Gasteiger partial charge is 0.303 e. The summed E-state index contributed by atoms with van der Waals surface area (Å²) in [4.78, 5) is 0. The highest BCUT2D eigenvalue weighted by atomic mass is 35.5. The Morgan fingerprint density at radius 2 is 2.21 bits per heavy atom. The molecule has 0 saturated carbocycles. The van der Waals surface area contributed by atoms with Crippen LogP contribution in [0.2, 0.25) is 5.02 Å². The summed E-state index contributed by atoms with van der Waals surface area (Å²) in [5.74, 6) is 0. The molecule has 0 unspecified atom stereocenters. The third kappa shape index (κ3) is 3.55. The minimum atomic E-state index is -4.21. The van der Waals surface area contributed by atoms with E-state index in [0.717, 1.165) is 0 Å². The molecule has 1 rings (SSSR count). The van der Waals surface area contributed by atoms with Crippen LogP contribution in [-0.4, -0.2) is 22.5 Å². The van der Waals surface area contributed by atoms with Gasteiger partial charge in [-0.1, -0.05) is 11.6 Å². The van der Waals surface area contributed by atoms with Crippen molar-refractivity contribution in [1.82, 2.24) is 15.1 Å². The maximum absolute atomic E-state index is 11.7. The van der Waals surface area contributed by atoms with Crippen LogP contribution in [0.5, 0.6) is 0 Å². The third-order valence-corrected chi connectivity index (χ3v) is 1.79. The van der Waals surface area contributed by atoms with Gasteiger partial charge >= 0.3 is 6.18 Å². The van der Waals surface area contributed by atoms with Crippen molar-refractivity contribution in [3.63, 3.8) is 0 Å². The second-order valence-corrected chi connectivity index (χ2v) is 3.22. The fourth-order valence-corrected chi connectivity index (χ4v) is 1.19. The molecule has 0 aromatic carbocycles. The molecule has 1 aromatic rings. The van der Waals surface area contributed by atoms with Crippen LogP contribution in [0.25, 0.3) is 0 Å². The minimum absolute atomic E-state index is 0.0131. The maximum atomic E-state index is 11.7. The van der Waals surface area contributed by atoms with Crippen LogP contribution < -0.4 is 5.32 Å². The van der Waals surface area contributed by atoms with Crippen molar-refractivity contribution in [2.45, 2.75) is 12.7 Å². The van der Waals surface area contributed by atoms with Crippen LogP contribution in [0.1, 0.15) is 5.69 Å². The van der Waals surface area contributed by atoms with E-state index in [0.29, 0.717) is 10.7 Å². The Bertz CT molecular complexity index is 308. The Morgan fingerprint density at radius 1 is 1.57 bits per heavy atom. The van der Waals surface area contributed by atoms with E-state index in [2.05, 4.69) is 10.4 Å². The quantitative estimate of drug-likeness (QED) is 0.852. The molecule has 0 atom stereocenters. The molecule has 1 N–H and O–H groups in total. The standard InChI is InChI=1S/C7H9ClF3N3/c1-14-3-5(8)6(13-14)2-12-4-7(9,10)11/h3,12H,2,4H2,1H3. The first-order chi connectivity index (χ1) is 6.38. The number of hydrogen-bond acceptors (Lipinski definition) is 2. The van der Waals surface area contributed by atoms with E-state index in [1.165, 1.54) is 10.9 Å². The highest BCUT2D eigenvalue weighted by Crippen LogP contribution is 2.15. The van der Waals surface area contributed by atoms with Crippen molar-refractivity contribution in [3.05, 3.63) is 16.9 Å². The highest BCUT2D eigenvalue weighted by molar-refractivity contribution is 6.31.